The molecule has 1 amide bonds. The van der Waals surface area contributed by atoms with Gasteiger partial charge in [-0.05, 0) is 24.6 Å². The molecule has 1 fully saturated rings. The number of carbonyl (C=O) groups excluding carboxylic acids is 1. The summed E-state index contributed by atoms with van der Waals surface area (Å²) in [6, 6.07) is 13.6. The SMILES string of the molecule is Cc1noc(-c2cccnc2N2CCN(C(=O)Cc3ccccc3)CC2)n1. The largest absolute Gasteiger partial charge is 0.352 e. The number of aromatic nitrogens is 3. The van der Waals surface area contributed by atoms with Crippen LogP contribution in [0.5, 0.6) is 0 Å². The zero-order chi connectivity index (χ0) is 18.6. The molecule has 0 saturated carbocycles. The zero-order valence-electron chi connectivity index (χ0n) is 15.2. The molecular formula is C20H21N5O2. The first-order chi connectivity index (χ1) is 13.2. The predicted molar refractivity (Wildman–Crippen MR) is 101 cm³/mol. The molecule has 3 heterocycles. The number of benzene rings is 1. The van der Waals surface area contributed by atoms with Crippen molar-refractivity contribution in [1.29, 1.82) is 0 Å². The summed E-state index contributed by atoms with van der Waals surface area (Å²) in [7, 11) is 0. The average molecular weight is 363 g/mol. The van der Waals surface area contributed by atoms with Crippen LogP contribution in [0, 0.1) is 6.92 Å². The number of carbonyl (C=O) groups is 1. The Labute approximate surface area is 157 Å². The number of hydrogen-bond acceptors (Lipinski definition) is 6. The van der Waals surface area contributed by atoms with E-state index in [1.807, 2.05) is 47.4 Å². The highest BCUT2D eigenvalue weighted by Crippen LogP contribution is 2.28. The third-order valence-electron chi connectivity index (χ3n) is 4.67. The summed E-state index contributed by atoms with van der Waals surface area (Å²) in [6.45, 7) is 4.57. The van der Waals surface area contributed by atoms with E-state index < -0.39 is 0 Å². The number of hydrogen-bond donors (Lipinski definition) is 0. The number of piperazine rings is 1. The smallest absolute Gasteiger partial charge is 0.261 e. The molecule has 0 unspecified atom stereocenters. The molecule has 138 valence electrons. The van der Waals surface area contributed by atoms with Crippen molar-refractivity contribution in [1.82, 2.24) is 20.0 Å². The number of anilines is 1. The van der Waals surface area contributed by atoms with E-state index in [2.05, 4.69) is 20.0 Å². The minimum absolute atomic E-state index is 0.162. The molecule has 4 rings (SSSR count). The summed E-state index contributed by atoms with van der Waals surface area (Å²) in [4.78, 5) is 25.5. The standard InChI is InChI=1S/C20H21N5O2/c1-15-22-20(27-23-15)17-8-5-9-21-19(17)25-12-10-24(11-13-25)18(26)14-16-6-3-2-4-7-16/h2-9H,10-14H2,1H3. The lowest BCUT2D eigenvalue weighted by atomic mass is 10.1. The maximum atomic E-state index is 12.6. The normalized spacial score (nSPS) is 14.4. The number of aryl methyl sites for hydroxylation is 1. The Kier molecular flexibility index (Phi) is 4.82. The van der Waals surface area contributed by atoms with Gasteiger partial charge in [-0.25, -0.2) is 4.98 Å². The zero-order valence-corrected chi connectivity index (χ0v) is 15.2. The molecule has 1 aliphatic rings. The Morgan fingerprint density at radius 2 is 1.85 bits per heavy atom. The second kappa shape index (κ2) is 7.57. The molecule has 1 aromatic carbocycles. The van der Waals surface area contributed by atoms with Gasteiger partial charge in [0, 0.05) is 32.4 Å². The van der Waals surface area contributed by atoms with Crippen LogP contribution in [0.25, 0.3) is 11.5 Å². The third-order valence-corrected chi connectivity index (χ3v) is 4.67. The molecule has 27 heavy (non-hydrogen) atoms. The van der Waals surface area contributed by atoms with Gasteiger partial charge >= 0.3 is 0 Å². The van der Waals surface area contributed by atoms with Crippen LogP contribution in [0.1, 0.15) is 11.4 Å². The van der Waals surface area contributed by atoms with Gasteiger partial charge in [0.25, 0.3) is 5.89 Å². The fraction of sp³-hybridized carbons (Fsp3) is 0.300. The molecule has 3 aromatic rings. The van der Waals surface area contributed by atoms with E-state index >= 15 is 0 Å². The second-order valence-corrected chi connectivity index (χ2v) is 6.55. The van der Waals surface area contributed by atoms with Crippen LogP contribution in [0.2, 0.25) is 0 Å². The van der Waals surface area contributed by atoms with E-state index in [-0.39, 0.29) is 5.91 Å². The fourth-order valence-corrected chi connectivity index (χ4v) is 3.27. The van der Waals surface area contributed by atoms with E-state index in [1.165, 1.54) is 0 Å². The van der Waals surface area contributed by atoms with Crippen LogP contribution in [0.3, 0.4) is 0 Å². The number of amides is 1. The minimum atomic E-state index is 0.162. The van der Waals surface area contributed by atoms with Crippen molar-refractivity contribution in [2.45, 2.75) is 13.3 Å². The quantitative estimate of drug-likeness (QED) is 0.708. The summed E-state index contributed by atoms with van der Waals surface area (Å²) in [5.74, 6) is 2.04. The Bertz CT molecular complexity index is 917. The van der Waals surface area contributed by atoms with Crippen molar-refractivity contribution >= 4 is 11.7 Å². The Hall–Kier alpha value is -3.22. The first kappa shape index (κ1) is 17.2. The van der Waals surface area contributed by atoms with Crippen molar-refractivity contribution in [2.75, 3.05) is 31.1 Å². The topological polar surface area (TPSA) is 75.4 Å². The Morgan fingerprint density at radius 3 is 2.56 bits per heavy atom. The van der Waals surface area contributed by atoms with E-state index in [4.69, 9.17) is 4.52 Å². The molecule has 0 bridgehead atoms. The Balaban J connectivity index is 1.43. The molecule has 0 N–H and O–H groups in total. The van der Waals surface area contributed by atoms with Gasteiger partial charge in [0.1, 0.15) is 5.82 Å². The van der Waals surface area contributed by atoms with Crippen molar-refractivity contribution in [3.8, 4) is 11.5 Å². The molecule has 0 atom stereocenters. The monoisotopic (exact) mass is 363 g/mol. The number of rotatable bonds is 4. The van der Waals surface area contributed by atoms with Gasteiger partial charge in [0.15, 0.2) is 5.82 Å². The van der Waals surface area contributed by atoms with Gasteiger partial charge in [-0.15, -0.1) is 0 Å². The predicted octanol–water partition coefficient (Wildman–Crippen LogP) is 2.33. The van der Waals surface area contributed by atoms with E-state index in [0.29, 0.717) is 31.2 Å². The lowest BCUT2D eigenvalue weighted by Crippen LogP contribution is -2.49. The molecule has 1 aliphatic heterocycles. The number of pyridine rings is 1. The number of nitrogens with zero attached hydrogens (tertiary/aromatic N) is 5. The summed E-state index contributed by atoms with van der Waals surface area (Å²) >= 11 is 0. The van der Waals surface area contributed by atoms with Crippen LogP contribution in [-0.2, 0) is 11.2 Å². The highest BCUT2D eigenvalue weighted by molar-refractivity contribution is 5.79. The van der Waals surface area contributed by atoms with Crippen molar-refractivity contribution in [3.05, 3.63) is 60.0 Å². The molecule has 7 nitrogen and oxygen atoms in total. The van der Waals surface area contributed by atoms with Gasteiger partial charge in [-0.3, -0.25) is 4.79 Å². The van der Waals surface area contributed by atoms with Gasteiger partial charge in [0.2, 0.25) is 5.91 Å². The van der Waals surface area contributed by atoms with Crippen molar-refractivity contribution < 1.29 is 9.32 Å². The first-order valence-corrected chi connectivity index (χ1v) is 9.03. The lowest BCUT2D eigenvalue weighted by molar-refractivity contribution is -0.130. The fourth-order valence-electron chi connectivity index (χ4n) is 3.27. The molecule has 0 spiro atoms. The van der Waals surface area contributed by atoms with E-state index in [1.54, 1.807) is 13.1 Å². The van der Waals surface area contributed by atoms with Crippen LogP contribution in [-0.4, -0.2) is 52.1 Å². The minimum Gasteiger partial charge on any atom is -0.352 e. The maximum absolute atomic E-state index is 12.6. The van der Waals surface area contributed by atoms with Crippen LogP contribution < -0.4 is 4.90 Å². The van der Waals surface area contributed by atoms with E-state index in [0.717, 1.165) is 30.0 Å². The molecular weight excluding hydrogens is 342 g/mol. The third kappa shape index (κ3) is 3.81. The van der Waals surface area contributed by atoms with Gasteiger partial charge < -0.3 is 14.3 Å². The molecule has 0 aliphatic carbocycles. The maximum Gasteiger partial charge on any atom is 0.261 e. The first-order valence-electron chi connectivity index (χ1n) is 9.03. The van der Waals surface area contributed by atoms with Gasteiger partial charge in [0.05, 0.1) is 12.0 Å². The van der Waals surface area contributed by atoms with E-state index in [9.17, 15) is 4.79 Å². The second-order valence-electron chi connectivity index (χ2n) is 6.55. The molecule has 0 radical (unpaired) electrons. The summed E-state index contributed by atoms with van der Waals surface area (Å²) in [5.41, 5.74) is 1.87. The Morgan fingerprint density at radius 1 is 1.07 bits per heavy atom. The molecule has 1 saturated heterocycles. The van der Waals surface area contributed by atoms with Crippen molar-refractivity contribution in [2.24, 2.45) is 0 Å². The van der Waals surface area contributed by atoms with Crippen molar-refractivity contribution in [3.63, 3.8) is 0 Å². The highest BCUT2D eigenvalue weighted by Gasteiger charge is 2.24. The summed E-state index contributed by atoms with van der Waals surface area (Å²) in [6.07, 6.45) is 2.20. The average Bonchev–Trinajstić information content (AvgIpc) is 3.15. The van der Waals surface area contributed by atoms with Crippen LogP contribution in [0.15, 0.2) is 53.2 Å². The molecule has 2 aromatic heterocycles. The van der Waals surface area contributed by atoms with Crippen LogP contribution in [0.4, 0.5) is 5.82 Å². The summed E-state index contributed by atoms with van der Waals surface area (Å²) < 4.78 is 5.32. The van der Waals surface area contributed by atoms with Gasteiger partial charge in [-0.2, -0.15) is 4.98 Å². The van der Waals surface area contributed by atoms with Crippen LogP contribution >= 0.6 is 0 Å². The summed E-state index contributed by atoms with van der Waals surface area (Å²) in [5, 5.41) is 3.87. The van der Waals surface area contributed by atoms with Gasteiger partial charge in [-0.1, -0.05) is 35.5 Å². The lowest BCUT2D eigenvalue weighted by Gasteiger charge is -2.36. The highest BCUT2D eigenvalue weighted by atomic mass is 16.5. The molecule has 7 heteroatoms.